The van der Waals surface area contributed by atoms with E-state index in [1.165, 1.54) is 0 Å². The van der Waals surface area contributed by atoms with Crippen LogP contribution in [0.25, 0.3) is 5.69 Å². The summed E-state index contributed by atoms with van der Waals surface area (Å²) in [6.07, 6.45) is 4.72. The number of aromatic nitrogens is 2. The molecule has 3 nitrogen and oxygen atoms in total. The number of rotatable bonds is 3. The van der Waals surface area contributed by atoms with Crippen LogP contribution < -0.4 is 4.74 Å². The smallest absolute Gasteiger partial charge is 0.119 e. The highest BCUT2D eigenvalue weighted by atomic mass is 16.5. The van der Waals surface area contributed by atoms with E-state index < -0.39 is 0 Å². The van der Waals surface area contributed by atoms with Crippen LogP contribution in [0.4, 0.5) is 0 Å². The quantitative estimate of drug-likeness (QED) is 0.764. The van der Waals surface area contributed by atoms with E-state index in [0.29, 0.717) is 0 Å². The van der Waals surface area contributed by atoms with Crippen LogP contribution in [0.15, 0.2) is 36.7 Å². The van der Waals surface area contributed by atoms with Gasteiger partial charge in [0.25, 0.3) is 0 Å². The van der Waals surface area contributed by atoms with Gasteiger partial charge < -0.3 is 9.30 Å². The summed E-state index contributed by atoms with van der Waals surface area (Å²) in [7, 11) is 1.67. The lowest BCUT2D eigenvalue weighted by atomic mass is 10.3. The molecule has 3 heteroatoms. The first-order valence-corrected chi connectivity index (χ1v) is 5.01. The van der Waals surface area contributed by atoms with Crippen molar-refractivity contribution in [2.45, 2.75) is 13.3 Å². The van der Waals surface area contributed by atoms with Crippen LogP contribution in [0.2, 0.25) is 0 Å². The summed E-state index contributed by atoms with van der Waals surface area (Å²) < 4.78 is 7.20. The van der Waals surface area contributed by atoms with Crippen molar-refractivity contribution >= 4 is 0 Å². The van der Waals surface area contributed by atoms with Gasteiger partial charge in [0.2, 0.25) is 0 Å². The van der Waals surface area contributed by atoms with Crippen molar-refractivity contribution in [3.05, 3.63) is 42.5 Å². The van der Waals surface area contributed by atoms with Crippen LogP contribution in [0.1, 0.15) is 12.7 Å². The molecule has 15 heavy (non-hydrogen) atoms. The Morgan fingerprint density at radius 3 is 2.60 bits per heavy atom. The zero-order valence-corrected chi connectivity index (χ0v) is 8.97. The van der Waals surface area contributed by atoms with Gasteiger partial charge in [-0.25, -0.2) is 4.98 Å². The molecule has 2 aromatic rings. The van der Waals surface area contributed by atoms with E-state index in [1.807, 2.05) is 36.7 Å². The Bertz CT molecular complexity index is 431. The average Bonchev–Trinajstić information content (AvgIpc) is 2.77. The van der Waals surface area contributed by atoms with Crippen LogP contribution in [-0.4, -0.2) is 16.7 Å². The Morgan fingerprint density at radius 1 is 1.27 bits per heavy atom. The normalized spacial score (nSPS) is 10.3. The number of benzene rings is 1. The number of hydrogen-bond donors (Lipinski definition) is 0. The fourth-order valence-corrected chi connectivity index (χ4v) is 1.57. The molecule has 0 saturated carbocycles. The molecule has 0 aliphatic heterocycles. The second-order valence-corrected chi connectivity index (χ2v) is 3.27. The molecule has 0 fully saturated rings. The molecular formula is C12H14N2O. The lowest BCUT2D eigenvalue weighted by molar-refractivity contribution is 0.414. The van der Waals surface area contributed by atoms with Crippen LogP contribution in [0.3, 0.4) is 0 Å². The van der Waals surface area contributed by atoms with E-state index in [9.17, 15) is 0 Å². The summed E-state index contributed by atoms with van der Waals surface area (Å²) in [5.74, 6) is 1.94. The minimum absolute atomic E-state index is 0.872. The molecule has 0 saturated heterocycles. The highest BCUT2D eigenvalue weighted by molar-refractivity contribution is 5.38. The van der Waals surface area contributed by atoms with Crippen molar-refractivity contribution in [3.63, 3.8) is 0 Å². The fourth-order valence-electron chi connectivity index (χ4n) is 1.57. The number of methoxy groups -OCH3 is 1. The molecular weight excluding hydrogens is 188 g/mol. The van der Waals surface area contributed by atoms with E-state index in [4.69, 9.17) is 4.74 Å². The summed E-state index contributed by atoms with van der Waals surface area (Å²) >= 11 is 0. The van der Waals surface area contributed by atoms with Gasteiger partial charge in [0, 0.05) is 24.5 Å². The molecule has 0 N–H and O–H groups in total. The third-order valence-electron chi connectivity index (χ3n) is 2.38. The summed E-state index contributed by atoms with van der Waals surface area (Å²) in [6, 6.07) is 7.96. The van der Waals surface area contributed by atoms with E-state index in [0.717, 1.165) is 23.7 Å². The third-order valence-corrected chi connectivity index (χ3v) is 2.38. The first kappa shape index (κ1) is 9.77. The molecule has 0 unspecified atom stereocenters. The van der Waals surface area contributed by atoms with Gasteiger partial charge in [0.15, 0.2) is 0 Å². The highest BCUT2D eigenvalue weighted by Gasteiger charge is 2.02. The Hall–Kier alpha value is -1.77. The van der Waals surface area contributed by atoms with Gasteiger partial charge in [-0.1, -0.05) is 6.92 Å². The van der Waals surface area contributed by atoms with E-state index in [2.05, 4.69) is 16.5 Å². The van der Waals surface area contributed by atoms with Gasteiger partial charge in [0.1, 0.15) is 11.6 Å². The molecule has 0 radical (unpaired) electrons. The predicted octanol–water partition coefficient (Wildman–Crippen LogP) is 2.44. The van der Waals surface area contributed by atoms with Crippen LogP contribution in [-0.2, 0) is 6.42 Å². The number of ether oxygens (including phenoxy) is 1. The zero-order valence-electron chi connectivity index (χ0n) is 8.97. The van der Waals surface area contributed by atoms with Gasteiger partial charge in [-0.15, -0.1) is 0 Å². The van der Waals surface area contributed by atoms with Gasteiger partial charge >= 0.3 is 0 Å². The van der Waals surface area contributed by atoms with Crippen LogP contribution in [0.5, 0.6) is 5.75 Å². The zero-order chi connectivity index (χ0) is 10.7. The second kappa shape index (κ2) is 4.17. The van der Waals surface area contributed by atoms with Crippen molar-refractivity contribution in [1.29, 1.82) is 0 Å². The summed E-state index contributed by atoms with van der Waals surface area (Å²) in [6.45, 7) is 2.10. The topological polar surface area (TPSA) is 27.1 Å². The Labute approximate surface area is 89.3 Å². The number of aryl methyl sites for hydroxylation is 1. The maximum absolute atomic E-state index is 5.12. The largest absolute Gasteiger partial charge is 0.497 e. The van der Waals surface area contributed by atoms with Crippen molar-refractivity contribution in [2.24, 2.45) is 0 Å². The van der Waals surface area contributed by atoms with E-state index in [1.54, 1.807) is 7.11 Å². The molecule has 0 aliphatic carbocycles. The Kier molecular flexibility index (Phi) is 2.72. The lowest BCUT2D eigenvalue weighted by Gasteiger charge is -2.07. The van der Waals surface area contributed by atoms with Crippen molar-refractivity contribution < 1.29 is 4.74 Å². The molecule has 0 spiro atoms. The number of hydrogen-bond acceptors (Lipinski definition) is 2. The highest BCUT2D eigenvalue weighted by Crippen LogP contribution is 2.16. The average molecular weight is 202 g/mol. The molecule has 1 heterocycles. The molecule has 78 valence electrons. The van der Waals surface area contributed by atoms with Gasteiger partial charge in [-0.05, 0) is 24.3 Å². The van der Waals surface area contributed by atoms with Crippen molar-refractivity contribution in [3.8, 4) is 11.4 Å². The standard InChI is InChI=1S/C12H14N2O/c1-3-12-13-8-9-14(12)10-4-6-11(15-2)7-5-10/h4-9H,3H2,1-2H3. The van der Waals surface area contributed by atoms with Crippen LogP contribution in [0, 0.1) is 0 Å². The van der Waals surface area contributed by atoms with E-state index >= 15 is 0 Å². The molecule has 0 atom stereocenters. The summed E-state index contributed by atoms with van der Waals surface area (Å²) in [5, 5.41) is 0. The van der Waals surface area contributed by atoms with Gasteiger partial charge in [0.05, 0.1) is 7.11 Å². The Morgan fingerprint density at radius 2 is 2.00 bits per heavy atom. The van der Waals surface area contributed by atoms with E-state index in [-0.39, 0.29) is 0 Å². The predicted molar refractivity (Wildman–Crippen MR) is 59.5 cm³/mol. The van der Waals surface area contributed by atoms with Crippen molar-refractivity contribution in [2.75, 3.05) is 7.11 Å². The monoisotopic (exact) mass is 202 g/mol. The molecule has 0 bridgehead atoms. The van der Waals surface area contributed by atoms with Crippen LogP contribution >= 0.6 is 0 Å². The Balaban J connectivity index is 2.37. The number of nitrogens with zero attached hydrogens (tertiary/aromatic N) is 2. The first-order valence-electron chi connectivity index (χ1n) is 5.01. The second-order valence-electron chi connectivity index (χ2n) is 3.27. The van der Waals surface area contributed by atoms with Crippen molar-refractivity contribution in [1.82, 2.24) is 9.55 Å². The molecule has 1 aromatic heterocycles. The van der Waals surface area contributed by atoms with Gasteiger partial charge in [-0.2, -0.15) is 0 Å². The van der Waals surface area contributed by atoms with Gasteiger partial charge in [-0.3, -0.25) is 0 Å². The fraction of sp³-hybridized carbons (Fsp3) is 0.250. The lowest BCUT2D eigenvalue weighted by Crippen LogP contribution is -1.98. The molecule has 2 rings (SSSR count). The maximum Gasteiger partial charge on any atom is 0.119 e. The summed E-state index contributed by atoms with van der Waals surface area (Å²) in [5.41, 5.74) is 1.12. The maximum atomic E-state index is 5.12. The molecule has 0 amide bonds. The molecule has 1 aromatic carbocycles. The minimum Gasteiger partial charge on any atom is -0.497 e. The first-order chi connectivity index (χ1) is 7.35. The minimum atomic E-state index is 0.872. The summed E-state index contributed by atoms with van der Waals surface area (Å²) in [4.78, 5) is 4.29. The molecule has 0 aliphatic rings. The SMILES string of the molecule is CCc1nccn1-c1ccc(OC)cc1. The third kappa shape index (κ3) is 1.86. The number of imidazole rings is 1.